The van der Waals surface area contributed by atoms with Gasteiger partial charge < -0.3 is 10.1 Å². The molecule has 0 rings (SSSR count). The predicted molar refractivity (Wildman–Crippen MR) is 25.7 cm³/mol. The molecule has 0 unspecified atom stereocenters. The van der Waals surface area contributed by atoms with Gasteiger partial charge in [0.1, 0.15) is 6.61 Å². The van der Waals surface area contributed by atoms with Gasteiger partial charge in [0.15, 0.2) is 0 Å². The van der Waals surface area contributed by atoms with Crippen molar-refractivity contribution in [3.8, 4) is 0 Å². The molecular formula is C4H6F3NO. The van der Waals surface area contributed by atoms with Gasteiger partial charge in [0.2, 0.25) is 0 Å². The maximum atomic E-state index is 11.2. The van der Waals surface area contributed by atoms with Gasteiger partial charge in [-0.05, 0) is 0 Å². The van der Waals surface area contributed by atoms with Gasteiger partial charge in [-0.2, -0.15) is 13.2 Å². The van der Waals surface area contributed by atoms with E-state index >= 15 is 0 Å². The molecule has 0 saturated carbocycles. The zero-order valence-corrected chi connectivity index (χ0v) is 4.53. The van der Waals surface area contributed by atoms with Crippen LogP contribution in [-0.2, 0) is 4.74 Å². The summed E-state index contributed by atoms with van der Waals surface area (Å²) in [7, 11) is 0. The van der Waals surface area contributed by atoms with Crippen molar-refractivity contribution in [1.29, 1.82) is 5.41 Å². The van der Waals surface area contributed by atoms with E-state index in [2.05, 4.69) is 4.74 Å². The average Bonchev–Trinajstić information content (AvgIpc) is 1.63. The minimum absolute atomic E-state index is 0.278. The first kappa shape index (κ1) is 8.42. The van der Waals surface area contributed by atoms with Crippen LogP contribution in [0.3, 0.4) is 0 Å². The molecule has 0 aliphatic carbocycles. The van der Waals surface area contributed by atoms with Gasteiger partial charge in [0.05, 0.1) is 6.61 Å². The summed E-state index contributed by atoms with van der Waals surface area (Å²) in [5, 5.41) is 6.29. The molecule has 5 heteroatoms. The van der Waals surface area contributed by atoms with Gasteiger partial charge in [-0.25, -0.2) is 0 Å². The summed E-state index contributed by atoms with van der Waals surface area (Å²) in [6.07, 6.45) is -3.51. The number of hydrogen-bond acceptors (Lipinski definition) is 2. The SMILES string of the molecule is N=CCOCC(F)(F)F. The van der Waals surface area contributed by atoms with Crippen LogP contribution in [0, 0.1) is 5.41 Å². The third-order valence-electron chi connectivity index (χ3n) is 0.467. The van der Waals surface area contributed by atoms with E-state index in [9.17, 15) is 13.2 Å². The molecular weight excluding hydrogens is 135 g/mol. The maximum absolute atomic E-state index is 11.2. The topological polar surface area (TPSA) is 33.1 Å². The minimum atomic E-state index is -4.27. The van der Waals surface area contributed by atoms with Gasteiger partial charge in [0, 0.05) is 6.21 Å². The van der Waals surface area contributed by atoms with Gasteiger partial charge in [-0.1, -0.05) is 0 Å². The van der Waals surface area contributed by atoms with Crippen LogP contribution >= 0.6 is 0 Å². The van der Waals surface area contributed by atoms with Crippen LogP contribution in [0.25, 0.3) is 0 Å². The van der Waals surface area contributed by atoms with Crippen LogP contribution in [0.2, 0.25) is 0 Å². The van der Waals surface area contributed by atoms with Crippen molar-refractivity contribution < 1.29 is 17.9 Å². The average molecular weight is 141 g/mol. The molecule has 0 aliphatic heterocycles. The van der Waals surface area contributed by atoms with Crippen LogP contribution in [0.5, 0.6) is 0 Å². The largest absolute Gasteiger partial charge is 0.411 e. The molecule has 0 aromatic heterocycles. The standard InChI is InChI=1S/C4H6F3NO/c5-4(6,7)3-9-2-1-8/h1,8H,2-3H2. The van der Waals surface area contributed by atoms with E-state index < -0.39 is 12.8 Å². The Balaban J connectivity index is 3.17. The Kier molecular flexibility index (Phi) is 3.22. The van der Waals surface area contributed by atoms with E-state index in [0.717, 1.165) is 6.21 Å². The summed E-state index contributed by atoms with van der Waals surface area (Å²) in [6.45, 7) is -1.55. The molecule has 9 heavy (non-hydrogen) atoms. The number of nitrogens with one attached hydrogen (secondary N) is 1. The van der Waals surface area contributed by atoms with Crippen molar-refractivity contribution >= 4 is 6.21 Å². The van der Waals surface area contributed by atoms with Gasteiger partial charge in [-0.3, -0.25) is 0 Å². The molecule has 0 aromatic rings. The van der Waals surface area contributed by atoms with Crippen molar-refractivity contribution in [3.63, 3.8) is 0 Å². The maximum Gasteiger partial charge on any atom is 0.411 e. The number of ether oxygens (including phenoxy) is 1. The second-order valence-electron chi connectivity index (χ2n) is 1.33. The normalized spacial score (nSPS) is 11.4. The summed E-state index contributed by atoms with van der Waals surface area (Å²) >= 11 is 0. The summed E-state index contributed by atoms with van der Waals surface area (Å²) in [5.41, 5.74) is 0. The van der Waals surface area contributed by atoms with Crippen LogP contribution in [0.1, 0.15) is 0 Å². The highest BCUT2D eigenvalue weighted by atomic mass is 19.4. The highest BCUT2D eigenvalue weighted by Crippen LogP contribution is 2.13. The first-order chi connectivity index (χ1) is 4.06. The Morgan fingerprint density at radius 3 is 2.33 bits per heavy atom. The highest BCUT2D eigenvalue weighted by molar-refractivity contribution is 5.53. The zero-order valence-electron chi connectivity index (χ0n) is 4.53. The highest BCUT2D eigenvalue weighted by Gasteiger charge is 2.26. The van der Waals surface area contributed by atoms with E-state index in [0.29, 0.717) is 0 Å². The molecule has 0 spiro atoms. The zero-order chi connectivity index (χ0) is 7.33. The van der Waals surface area contributed by atoms with Crippen LogP contribution in [0.4, 0.5) is 13.2 Å². The molecule has 0 atom stereocenters. The molecule has 54 valence electrons. The van der Waals surface area contributed by atoms with Crippen molar-refractivity contribution in [3.05, 3.63) is 0 Å². The van der Waals surface area contributed by atoms with Crippen LogP contribution < -0.4 is 0 Å². The monoisotopic (exact) mass is 141 g/mol. The molecule has 0 radical (unpaired) electrons. The number of rotatable bonds is 3. The molecule has 2 nitrogen and oxygen atoms in total. The fourth-order valence-electron chi connectivity index (χ4n) is 0.234. The number of alkyl halides is 3. The Bertz CT molecular complexity index is 90.3. The summed E-state index contributed by atoms with van der Waals surface area (Å²) in [6, 6.07) is 0. The lowest BCUT2D eigenvalue weighted by molar-refractivity contribution is -0.169. The first-order valence-corrected chi connectivity index (χ1v) is 2.19. The molecule has 0 aliphatic rings. The van der Waals surface area contributed by atoms with E-state index in [1.54, 1.807) is 0 Å². The third-order valence-corrected chi connectivity index (χ3v) is 0.467. The van der Waals surface area contributed by atoms with Crippen LogP contribution in [-0.4, -0.2) is 25.6 Å². The molecule has 0 heterocycles. The Labute approximate surface area is 50.1 Å². The van der Waals surface area contributed by atoms with E-state index in [-0.39, 0.29) is 6.61 Å². The van der Waals surface area contributed by atoms with Crippen LogP contribution in [0.15, 0.2) is 0 Å². The number of halogens is 3. The van der Waals surface area contributed by atoms with Crippen molar-refractivity contribution in [2.24, 2.45) is 0 Å². The lowest BCUT2D eigenvalue weighted by Gasteiger charge is -2.03. The van der Waals surface area contributed by atoms with E-state index in [4.69, 9.17) is 5.41 Å². The first-order valence-electron chi connectivity index (χ1n) is 2.19. The van der Waals surface area contributed by atoms with Gasteiger partial charge in [-0.15, -0.1) is 0 Å². The second kappa shape index (κ2) is 3.45. The summed E-state index contributed by atoms with van der Waals surface area (Å²) in [5.74, 6) is 0. The summed E-state index contributed by atoms with van der Waals surface area (Å²) < 4.78 is 37.5. The Morgan fingerprint density at radius 2 is 2.00 bits per heavy atom. The lowest BCUT2D eigenvalue weighted by atomic mass is 10.7. The summed E-state index contributed by atoms with van der Waals surface area (Å²) in [4.78, 5) is 0. The number of hydrogen-bond donors (Lipinski definition) is 1. The fraction of sp³-hybridized carbons (Fsp3) is 0.750. The second-order valence-corrected chi connectivity index (χ2v) is 1.33. The van der Waals surface area contributed by atoms with Gasteiger partial charge in [0.25, 0.3) is 0 Å². The molecule has 0 saturated heterocycles. The van der Waals surface area contributed by atoms with Crippen molar-refractivity contribution in [1.82, 2.24) is 0 Å². The van der Waals surface area contributed by atoms with Gasteiger partial charge >= 0.3 is 6.18 Å². The molecule has 0 amide bonds. The Morgan fingerprint density at radius 1 is 1.44 bits per heavy atom. The minimum Gasteiger partial charge on any atom is -0.366 e. The van der Waals surface area contributed by atoms with E-state index in [1.165, 1.54) is 0 Å². The quantitative estimate of drug-likeness (QED) is 0.465. The molecule has 0 fully saturated rings. The smallest absolute Gasteiger partial charge is 0.366 e. The molecule has 0 bridgehead atoms. The lowest BCUT2D eigenvalue weighted by Crippen LogP contribution is -2.17. The fourth-order valence-corrected chi connectivity index (χ4v) is 0.234. The molecule has 0 aromatic carbocycles. The Hall–Kier alpha value is -0.580. The van der Waals surface area contributed by atoms with Crippen molar-refractivity contribution in [2.75, 3.05) is 13.2 Å². The van der Waals surface area contributed by atoms with E-state index in [1.807, 2.05) is 0 Å². The molecule has 1 N–H and O–H groups in total. The van der Waals surface area contributed by atoms with Crippen molar-refractivity contribution in [2.45, 2.75) is 6.18 Å². The third kappa shape index (κ3) is 7.42. The predicted octanol–water partition coefficient (Wildman–Crippen LogP) is 1.21.